The van der Waals surface area contributed by atoms with Crippen LogP contribution in [0.25, 0.3) is 22.6 Å². The molecule has 4 aromatic rings. The van der Waals surface area contributed by atoms with E-state index in [1.807, 2.05) is 30.9 Å². The lowest BCUT2D eigenvalue weighted by Crippen LogP contribution is -2.29. The van der Waals surface area contributed by atoms with Crippen molar-refractivity contribution in [3.63, 3.8) is 0 Å². The Balaban J connectivity index is 1.77. The van der Waals surface area contributed by atoms with Gasteiger partial charge in [-0.1, -0.05) is 6.58 Å². The number of amides is 1. The lowest BCUT2D eigenvalue weighted by atomic mass is 10.2. The predicted octanol–water partition coefficient (Wildman–Crippen LogP) is 5.21. The highest BCUT2D eigenvalue weighted by Crippen LogP contribution is 2.38. The zero-order valence-electron chi connectivity index (χ0n) is 23.8. The minimum absolute atomic E-state index is 0.0669. The number of halogens is 5. The van der Waals surface area contributed by atoms with Crippen molar-refractivity contribution in [2.75, 3.05) is 56.9 Å². The van der Waals surface area contributed by atoms with Gasteiger partial charge >= 0.3 is 6.18 Å². The van der Waals surface area contributed by atoms with E-state index in [-0.39, 0.29) is 23.0 Å². The number of nitrogens with zero attached hydrogens (tertiary/aromatic N) is 6. The molecule has 2 aromatic carbocycles. The van der Waals surface area contributed by atoms with Crippen LogP contribution in [0.2, 0.25) is 0 Å². The Morgan fingerprint density at radius 1 is 1.09 bits per heavy atom. The molecule has 0 aliphatic rings. The molecule has 0 aliphatic carbocycles. The largest absolute Gasteiger partial charge is 0.494 e. The SMILES string of the molecule is C=CC(=O)Nc1cc(Nc2nccc(-c3nc4c(F)cc(F)cc4n3CC(F)(F)F)n2)c(OC)cc1N(C)CCN(C)C. The number of ether oxygens (including phenoxy) is 1. The number of carbonyl (C=O) groups excluding carboxylic acids is 1. The fourth-order valence-electron chi connectivity index (χ4n) is 4.25. The van der Waals surface area contributed by atoms with Crippen LogP contribution >= 0.6 is 0 Å². The summed E-state index contributed by atoms with van der Waals surface area (Å²) in [5.41, 5.74) is 0.472. The molecule has 0 radical (unpaired) electrons. The van der Waals surface area contributed by atoms with Gasteiger partial charge in [0.05, 0.1) is 29.7 Å². The average molecular weight is 605 g/mol. The number of alkyl halides is 3. The average Bonchev–Trinajstić information content (AvgIpc) is 3.28. The third kappa shape index (κ3) is 7.35. The number of fused-ring (bicyclic) bond motifs is 1. The molecule has 10 nitrogen and oxygen atoms in total. The smallest absolute Gasteiger partial charge is 0.406 e. The van der Waals surface area contributed by atoms with E-state index in [2.05, 4.69) is 32.2 Å². The standard InChI is InChI=1S/C28H29F5N8O2/c1-6-24(42)35-19-13-20(23(43-5)14-21(19)40(4)10-9-39(2)3)37-27-34-8-7-18(36-27)26-38-25-17(30)11-16(29)12-22(25)41(26)15-28(31,32)33/h6-8,11-14H,1,9-10,15H2,2-5H3,(H,35,42)(H,34,36,37). The number of nitrogens with one attached hydrogen (secondary N) is 2. The van der Waals surface area contributed by atoms with Crippen molar-refractivity contribution in [1.82, 2.24) is 24.4 Å². The first kappa shape index (κ1) is 31.2. The van der Waals surface area contributed by atoms with Gasteiger partial charge < -0.3 is 29.7 Å². The van der Waals surface area contributed by atoms with Crippen molar-refractivity contribution >= 4 is 40.0 Å². The molecule has 0 fully saturated rings. The first-order valence-electron chi connectivity index (χ1n) is 12.8. The Morgan fingerprint density at radius 2 is 1.84 bits per heavy atom. The van der Waals surface area contributed by atoms with Crippen molar-refractivity contribution in [1.29, 1.82) is 0 Å². The van der Waals surface area contributed by atoms with Crippen LogP contribution in [-0.2, 0) is 11.3 Å². The molecular weight excluding hydrogens is 575 g/mol. The monoisotopic (exact) mass is 604 g/mol. The molecule has 0 unspecified atom stereocenters. The molecule has 0 saturated heterocycles. The summed E-state index contributed by atoms with van der Waals surface area (Å²) in [5.74, 6) is -2.68. The van der Waals surface area contributed by atoms with E-state index >= 15 is 0 Å². The van der Waals surface area contributed by atoms with Gasteiger partial charge in [-0.05, 0) is 38.4 Å². The van der Waals surface area contributed by atoms with Crippen LogP contribution in [-0.4, -0.2) is 77.8 Å². The van der Waals surface area contributed by atoms with Crippen LogP contribution in [0, 0.1) is 11.6 Å². The van der Waals surface area contributed by atoms with Crippen LogP contribution < -0.4 is 20.3 Å². The van der Waals surface area contributed by atoms with Crippen LogP contribution in [0.1, 0.15) is 0 Å². The molecule has 2 N–H and O–H groups in total. The highest BCUT2D eigenvalue weighted by molar-refractivity contribution is 6.02. The normalized spacial score (nSPS) is 11.6. The van der Waals surface area contributed by atoms with Gasteiger partial charge in [0.2, 0.25) is 11.9 Å². The molecule has 0 spiro atoms. The highest BCUT2D eigenvalue weighted by atomic mass is 19.4. The van der Waals surface area contributed by atoms with Gasteiger partial charge in [0.25, 0.3) is 0 Å². The number of benzene rings is 2. The quantitative estimate of drug-likeness (QED) is 0.178. The van der Waals surface area contributed by atoms with Crippen molar-refractivity contribution in [3.8, 4) is 17.3 Å². The Kier molecular flexibility index (Phi) is 9.13. The maximum atomic E-state index is 14.5. The van der Waals surface area contributed by atoms with Crippen molar-refractivity contribution in [3.05, 3.63) is 60.8 Å². The number of likely N-dealkylation sites (N-methyl/N-ethyl adjacent to an activating group) is 2. The third-order valence-corrected chi connectivity index (χ3v) is 6.30. The van der Waals surface area contributed by atoms with Crippen LogP contribution in [0.15, 0.2) is 49.2 Å². The highest BCUT2D eigenvalue weighted by Gasteiger charge is 2.32. The summed E-state index contributed by atoms with van der Waals surface area (Å²) < 4.78 is 75.1. The Bertz CT molecular complexity index is 1650. The second kappa shape index (κ2) is 12.6. The second-order valence-electron chi connectivity index (χ2n) is 9.77. The van der Waals surface area contributed by atoms with E-state index in [1.165, 1.54) is 19.4 Å². The molecule has 1 amide bonds. The summed E-state index contributed by atoms with van der Waals surface area (Å²) in [6.07, 6.45) is -2.33. The van der Waals surface area contributed by atoms with Crippen molar-refractivity contribution < 1.29 is 31.5 Å². The van der Waals surface area contributed by atoms with Crippen LogP contribution in [0.4, 0.5) is 45.0 Å². The van der Waals surface area contributed by atoms with Crippen LogP contribution in [0.3, 0.4) is 0 Å². The number of carbonyl (C=O) groups is 1. The molecule has 4 rings (SSSR count). The van der Waals surface area contributed by atoms with Gasteiger partial charge in [0.15, 0.2) is 11.6 Å². The number of aromatic nitrogens is 4. The Hall–Kier alpha value is -4.79. The molecule has 2 aromatic heterocycles. The first-order chi connectivity index (χ1) is 20.3. The van der Waals surface area contributed by atoms with E-state index in [9.17, 15) is 26.7 Å². The van der Waals surface area contributed by atoms with Gasteiger partial charge in [-0.15, -0.1) is 0 Å². The number of hydrogen-bond acceptors (Lipinski definition) is 8. The molecule has 2 heterocycles. The minimum Gasteiger partial charge on any atom is -0.494 e. The topological polar surface area (TPSA) is 100 Å². The van der Waals surface area contributed by atoms with Gasteiger partial charge in [-0.2, -0.15) is 13.2 Å². The second-order valence-corrected chi connectivity index (χ2v) is 9.77. The third-order valence-electron chi connectivity index (χ3n) is 6.30. The molecule has 0 atom stereocenters. The molecular formula is C28H29F5N8O2. The van der Waals surface area contributed by atoms with E-state index in [0.29, 0.717) is 40.0 Å². The molecule has 0 aliphatic heterocycles. The number of rotatable bonds is 11. The summed E-state index contributed by atoms with van der Waals surface area (Å²) in [6.45, 7) is 3.28. The molecule has 228 valence electrons. The summed E-state index contributed by atoms with van der Waals surface area (Å²) in [5, 5.41) is 5.72. The number of hydrogen-bond donors (Lipinski definition) is 2. The minimum atomic E-state index is -4.72. The number of imidazole rings is 1. The number of anilines is 4. The maximum Gasteiger partial charge on any atom is 0.406 e. The Labute approximate surface area is 243 Å². The van der Waals surface area contributed by atoms with Crippen molar-refractivity contribution in [2.24, 2.45) is 0 Å². The van der Waals surface area contributed by atoms with E-state index < -0.39 is 35.8 Å². The fraction of sp³-hybridized carbons (Fsp3) is 0.286. The molecule has 15 heteroatoms. The van der Waals surface area contributed by atoms with Gasteiger partial charge in [0.1, 0.15) is 29.3 Å². The zero-order chi connectivity index (χ0) is 31.5. The van der Waals surface area contributed by atoms with Crippen molar-refractivity contribution in [2.45, 2.75) is 12.7 Å². The van der Waals surface area contributed by atoms with Gasteiger partial charge in [-0.25, -0.2) is 23.7 Å². The first-order valence-corrected chi connectivity index (χ1v) is 12.8. The van der Waals surface area contributed by atoms with Gasteiger partial charge in [-0.3, -0.25) is 4.79 Å². The van der Waals surface area contributed by atoms with E-state index in [4.69, 9.17) is 4.74 Å². The molecule has 0 saturated carbocycles. The molecule has 43 heavy (non-hydrogen) atoms. The summed E-state index contributed by atoms with van der Waals surface area (Å²) in [7, 11) is 7.16. The molecule has 0 bridgehead atoms. The lowest BCUT2D eigenvalue weighted by Gasteiger charge is -2.26. The summed E-state index contributed by atoms with van der Waals surface area (Å²) >= 11 is 0. The van der Waals surface area contributed by atoms with Crippen LogP contribution in [0.5, 0.6) is 5.75 Å². The fourth-order valence-corrected chi connectivity index (χ4v) is 4.25. The zero-order valence-corrected chi connectivity index (χ0v) is 23.8. The maximum absolute atomic E-state index is 14.5. The Morgan fingerprint density at radius 3 is 2.49 bits per heavy atom. The van der Waals surface area contributed by atoms with Gasteiger partial charge in [0, 0.05) is 38.5 Å². The predicted molar refractivity (Wildman–Crippen MR) is 154 cm³/mol. The number of methoxy groups -OCH3 is 1. The summed E-state index contributed by atoms with van der Waals surface area (Å²) in [6, 6.07) is 5.90. The summed E-state index contributed by atoms with van der Waals surface area (Å²) in [4.78, 5) is 28.6. The lowest BCUT2D eigenvalue weighted by molar-refractivity contribution is -0.139. The van der Waals surface area contributed by atoms with E-state index in [0.717, 1.165) is 18.7 Å². The van der Waals surface area contributed by atoms with E-state index in [1.54, 1.807) is 12.1 Å².